The Labute approximate surface area is 103 Å². The van der Waals surface area contributed by atoms with Crippen molar-refractivity contribution in [3.05, 3.63) is 40.0 Å². The Balaban J connectivity index is 2.62. The fourth-order valence-electron chi connectivity index (χ4n) is 1.53. The molecule has 1 heterocycles. The van der Waals surface area contributed by atoms with E-state index in [-0.39, 0.29) is 0 Å². The van der Waals surface area contributed by atoms with E-state index in [0.717, 1.165) is 21.3 Å². The van der Waals surface area contributed by atoms with Crippen molar-refractivity contribution in [3.63, 3.8) is 0 Å². The summed E-state index contributed by atoms with van der Waals surface area (Å²) in [6.07, 6.45) is 0. The molecule has 0 aliphatic rings. The van der Waals surface area contributed by atoms with Crippen LogP contribution in [0.2, 0.25) is 0 Å². The Morgan fingerprint density at radius 2 is 1.81 bits per heavy atom. The van der Waals surface area contributed by atoms with Crippen molar-refractivity contribution in [1.29, 1.82) is 0 Å². The fraction of sp³-hybridized carbons (Fsp3) is 0.167. The van der Waals surface area contributed by atoms with Crippen LogP contribution in [0.1, 0.15) is 11.3 Å². The molecule has 0 radical (unpaired) electrons. The standard InChI is InChI=1S/C12H12BrN3/c1-7-5-3-4-6-9(7)12-15-8(2)10(13)11(14)16-12/h3-6H,1-2H3,(H2,14,15,16). The van der Waals surface area contributed by atoms with Gasteiger partial charge in [-0.25, -0.2) is 9.97 Å². The van der Waals surface area contributed by atoms with Crippen molar-refractivity contribution in [3.8, 4) is 11.4 Å². The molecule has 0 amide bonds. The lowest BCUT2D eigenvalue weighted by molar-refractivity contribution is 1.10. The Kier molecular flexibility index (Phi) is 2.92. The van der Waals surface area contributed by atoms with E-state index in [1.54, 1.807) is 0 Å². The normalized spacial score (nSPS) is 10.4. The molecular weight excluding hydrogens is 266 g/mol. The molecule has 82 valence electrons. The van der Waals surface area contributed by atoms with Gasteiger partial charge in [0.1, 0.15) is 5.82 Å². The number of hydrogen-bond donors (Lipinski definition) is 1. The Hall–Kier alpha value is -1.42. The predicted octanol–water partition coefficient (Wildman–Crippen LogP) is 3.11. The summed E-state index contributed by atoms with van der Waals surface area (Å²) in [6, 6.07) is 8.00. The zero-order valence-electron chi connectivity index (χ0n) is 9.16. The van der Waals surface area contributed by atoms with Crippen molar-refractivity contribution in [1.82, 2.24) is 9.97 Å². The van der Waals surface area contributed by atoms with E-state index >= 15 is 0 Å². The number of nitrogens with zero attached hydrogens (tertiary/aromatic N) is 2. The number of aromatic nitrogens is 2. The van der Waals surface area contributed by atoms with Gasteiger partial charge in [0.05, 0.1) is 10.2 Å². The second-order valence-corrected chi connectivity index (χ2v) is 4.44. The summed E-state index contributed by atoms with van der Waals surface area (Å²) >= 11 is 3.35. The van der Waals surface area contributed by atoms with Crippen LogP contribution in [0, 0.1) is 13.8 Å². The van der Waals surface area contributed by atoms with E-state index in [1.807, 2.05) is 38.1 Å². The van der Waals surface area contributed by atoms with Crippen LogP contribution in [0.5, 0.6) is 0 Å². The summed E-state index contributed by atoms with van der Waals surface area (Å²) in [6.45, 7) is 3.94. The lowest BCUT2D eigenvalue weighted by atomic mass is 10.1. The maximum atomic E-state index is 5.81. The quantitative estimate of drug-likeness (QED) is 0.872. The van der Waals surface area contributed by atoms with Gasteiger partial charge in [0.15, 0.2) is 5.82 Å². The van der Waals surface area contributed by atoms with E-state index < -0.39 is 0 Å². The molecule has 0 unspecified atom stereocenters. The summed E-state index contributed by atoms with van der Waals surface area (Å²) in [4.78, 5) is 8.71. The van der Waals surface area contributed by atoms with E-state index in [1.165, 1.54) is 0 Å². The number of halogens is 1. The molecular formula is C12H12BrN3. The summed E-state index contributed by atoms with van der Waals surface area (Å²) in [5.41, 5.74) is 8.82. The summed E-state index contributed by atoms with van der Waals surface area (Å²) in [5.74, 6) is 1.15. The van der Waals surface area contributed by atoms with Gasteiger partial charge in [-0.1, -0.05) is 24.3 Å². The van der Waals surface area contributed by atoms with Gasteiger partial charge in [-0.05, 0) is 35.3 Å². The van der Waals surface area contributed by atoms with Crippen molar-refractivity contribution in [2.24, 2.45) is 0 Å². The summed E-state index contributed by atoms with van der Waals surface area (Å²) in [5, 5.41) is 0. The number of rotatable bonds is 1. The number of nitrogens with two attached hydrogens (primary N) is 1. The second-order valence-electron chi connectivity index (χ2n) is 3.65. The molecule has 0 atom stereocenters. The van der Waals surface area contributed by atoms with Gasteiger partial charge in [-0.3, -0.25) is 0 Å². The topological polar surface area (TPSA) is 51.8 Å². The minimum Gasteiger partial charge on any atom is -0.383 e. The lowest BCUT2D eigenvalue weighted by Gasteiger charge is -2.07. The molecule has 0 saturated carbocycles. The number of anilines is 1. The third-order valence-corrected chi connectivity index (χ3v) is 3.41. The van der Waals surface area contributed by atoms with E-state index in [4.69, 9.17) is 5.73 Å². The van der Waals surface area contributed by atoms with Crippen molar-refractivity contribution in [2.75, 3.05) is 5.73 Å². The number of nitrogen functional groups attached to an aromatic ring is 1. The highest BCUT2D eigenvalue weighted by Gasteiger charge is 2.09. The van der Waals surface area contributed by atoms with Gasteiger partial charge in [-0.15, -0.1) is 0 Å². The van der Waals surface area contributed by atoms with Crippen molar-refractivity contribution in [2.45, 2.75) is 13.8 Å². The first-order chi connectivity index (χ1) is 7.59. The second kappa shape index (κ2) is 4.22. The molecule has 0 aliphatic heterocycles. The molecule has 0 bridgehead atoms. The Morgan fingerprint density at radius 3 is 2.44 bits per heavy atom. The molecule has 0 aliphatic carbocycles. The first kappa shape index (κ1) is 11.1. The monoisotopic (exact) mass is 277 g/mol. The average Bonchev–Trinajstić information content (AvgIpc) is 2.26. The number of hydrogen-bond acceptors (Lipinski definition) is 3. The van der Waals surface area contributed by atoms with E-state index in [2.05, 4.69) is 25.9 Å². The van der Waals surface area contributed by atoms with Crippen LogP contribution in [-0.2, 0) is 0 Å². The molecule has 2 aromatic rings. The smallest absolute Gasteiger partial charge is 0.162 e. The highest BCUT2D eigenvalue weighted by Crippen LogP contribution is 2.25. The average molecular weight is 278 g/mol. The van der Waals surface area contributed by atoms with Crippen LogP contribution in [0.25, 0.3) is 11.4 Å². The maximum absolute atomic E-state index is 5.81. The molecule has 2 N–H and O–H groups in total. The SMILES string of the molecule is Cc1ccccc1-c1nc(C)c(Br)c(N)n1. The van der Waals surface area contributed by atoms with Gasteiger partial charge < -0.3 is 5.73 Å². The molecule has 4 heteroatoms. The molecule has 1 aromatic heterocycles. The van der Waals surface area contributed by atoms with E-state index in [9.17, 15) is 0 Å². The van der Waals surface area contributed by atoms with Crippen LogP contribution in [0.3, 0.4) is 0 Å². The van der Waals surface area contributed by atoms with Crippen LogP contribution in [-0.4, -0.2) is 9.97 Å². The first-order valence-electron chi connectivity index (χ1n) is 4.95. The highest BCUT2D eigenvalue weighted by molar-refractivity contribution is 9.10. The Morgan fingerprint density at radius 1 is 1.12 bits per heavy atom. The van der Waals surface area contributed by atoms with Crippen LogP contribution in [0.15, 0.2) is 28.7 Å². The van der Waals surface area contributed by atoms with Crippen LogP contribution < -0.4 is 5.73 Å². The van der Waals surface area contributed by atoms with Gasteiger partial charge in [0, 0.05) is 5.56 Å². The Bertz CT molecular complexity index is 515. The van der Waals surface area contributed by atoms with Gasteiger partial charge in [-0.2, -0.15) is 0 Å². The van der Waals surface area contributed by atoms with Crippen LogP contribution in [0.4, 0.5) is 5.82 Å². The third kappa shape index (κ3) is 1.93. The first-order valence-corrected chi connectivity index (χ1v) is 5.74. The molecule has 0 spiro atoms. The van der Waals surface area contributed by atoms with Gasteiger partial charge >= 0.3 is 0 Å². The molecule has 16 heavy (non-hydrogen) atoms. The largest absolute Gasteiger partial charge is 0.383 e. The zero-order valence-corrected chi connectivity index (χ0v) is 10.7. The van der Waals surface area contributed by atoms with Gasteiger partial charge in [0.2, 0.25) is 0 Å². The third-order valence-electron chi connectivity index (χ3n) is 2.43. The highest BCUT2D eigenvalue weighted by atomic mass is 79.9. The predicted molar refractivity (Wildman–Crippen MR) is 69.1 cm³/mol. The van der Waals surface area contributed by atoms with Gasteiger partial charge in [0.25, 0.3) is 0 Å². The zero-order chi connectivity index (χ0) is 11.7. The summed E-state index contributed by atoms with van der Waals surface area (Å²) in [7, 11) is 0. The fourth-order valence-corrected chi connectivity index (χ4v) is 1.70. The molecule has 0 saturated heterocycles. The van der Waals surface area contributed by atoms with E-state index in [0.29, 0.717) is 11.6 Å². The molecule has 3 nitrogen and oxygen atoms in total. The minimum atomic E-state index is 0.478. The van der Waals surface area contributed by atoms with Crippen molar-refractivity contribution >= 4 is 21.7 Å². The lowest BCUT2D eigenvalue weighted by Crippen LogP contribution is -2.00. The molecule has 2 rings (SSSR count). The number of benzene rings is 1. The molecule has 1 aromatic carbocycles. The number of aryl methyl sites for hydroxylation is 2. The van der Waals surface area contributed by atoms with Crippen LogP contribution >= 0.6 is 15.9 Å². The van der Waals surface area contributed by atoms with Crippen molar-refractivity contribution < 1.29 is 0 Å². The molecule has 0 fully saturated rings. The minimum absolute atomic E-state index is 0.478. The maximum Gasteiger partial charge on any atom is 0.162 e. The summed E-state index contributed by atoms with van der Waals surface area (Å²) < 4.78 is 0.768.